The number of nitrogens with zero attached hydrogens (tertiary/aromatic N) is 2. The molecule has 0 spiro atoms. The van der Waals surface area contributed by atoms with Gasteiger partial charge in [-0.1, -0.05) is 27.7 Å². The number of thioether (sulfide) groups is 1. The summed E-state index contributed by atoms with van der Waals surface area (Å²) in [4.78, 5) is 14.8. The molecule has 19 heavy (non-hydrogen) atoms. The Morgan fingerprint density at radius 3 is 3.05 bits per heavy atom. The molecule has 7 heteroatoms. The van der Waals surface area contributed by atoms with Crippen molar-refractivity contribution in [3.05, 3.63) is 35.1 Å². The Morgan fingerprint density at radius 1 is 1.58 bits per heavy atom. The Balaban J connectivity index is 2.39. The van der Waals surface area contributed by atoms with Crippen molar-refractivity contribution in [1.82, 2.24) is 9.55 Å². The second-order valence-corrected chi connectivity index (χ2v) is 5.44. The number of methoxy groups -OCH3 is 1. The van der Waals surface area contributed by atoms with E-state index in [-0.39, 0.29) is 5.75 Å². The molecule has 0 amide bonds. The molecule has 0 aliphatic heterocycles. The fourth-order valence-electron chi connectivity index (χ4n) is 1.56. The summed E-state index contributed by atoms with van der Waals surface area (Å²) in [6.07, 6.45) is 3.40. The van der Waals surface area contributed by atoms with E-state index in [1.54, 1.807) is 24.1 Å². The molecule has 2 aromatic rings. The zero-order chi connectivity index (χ0) is 13.8. The molecule has 5 nitrogen and oxygen atoms in total. The third-order valence-electron chi connectivity index (χ3n) is 2.33. The fraction of sp³-hybridized carbons (Fsp3) is 0.167. The van der Waals surface area contributed by atoms with E-state index >= 15 is 0 Å². The van der Waals surface area contributed by atoms with Crippen molar-refractivity contribution >= 4 is 33.7 Å². The summed E-state index contributed by atoms with van der Waals surface area (Å²) in [5.41, 5.74) is 0.808. The van der Waals surface area contributed by atoms with Crippen LogP contribution in [-0.2, 0) is 4.79 Å². The molecule has 1 aromatic heterocycles. The number of rotatable bonds is 5. The molecular formula is C12H11BrN2O3S. The van der Waals surface area contributed by atoms with Crippen LogP contribution in [0.25, 0.3) is 5.69 Å². The van der Waals surface area contributed by atoms with Crippen molar-refractivity contribution in [1.29, 1.82) is 0 Å². The van der Waals surface area contributed by atoms with Crippen LogP contribution in [0, 0.1) is 0 Å². The molecular weight excluding hydrogens is 332 g/mol. The van der Waals surface area contributed by atoms with E-state index in [2.05, 4.69) is 20.9 Å². The first-order valence-electron chi connectivity index (χ1n) is 5.33. The van der Waals surface area contributed by atoms with Crippen LogP contribution < -0.4 is 4.74 Å². The van der Waals surface area contributed by atoms with Crippen LogP contribution in [0.1, 0.15) is 0 Å². The highest BCUT2D eigenvalue weighted by Crippen LogP contribution is 2.29. The van der Waals surface area contributed by atoms with Gasteiger partial charge in [0.25, 0.3) is 0 Å². The highest BCUT2D eigenvalue weighted by Gasteiger charge is 2.12. The summed E-state index contributed by atoms with van der Waals surface area (Å²) in [5, 5.41) is 9.34. The summed E-state index contributed by atoms with van der Waals surface area (Å²) >= 11 is 4.57. The second kappa shape index (κ2) is 6.12. The quantitative estimate of drug-likeness (QED) is 0.846. The molecule has 0 aliphatic rings. The summed E-state index contributed by atoms with van der Waals surface area (Å²) in [6, 6.07) is 5.61. The van der Waals surface area contributed by atoms with Crippen molar-refractivity contribution in [2.45, 2.75) is 5.16 Å². The van der Waals surface area contributed by atoms with Gasteiger partial charge in [0.05, 0.1) is 18.6 Å². The topological polar surface area (TPSA) is 64.4 Å². The SMILES string of the molecule is COc1ccc(Br)cc1-n1ccnc1SCC(=O)O. The van der Waals surface area contributed by atoms with Crippen LogP contribution in [0.4, 0.5) is 0 Å². The highest BCUT2D eigenvalue weighted by atomic mass is 79.9. The number of hydrogen-bond acceptors (Lipinski definition) is 4. The van der Waals surface area contributed by atoms with E-state index < -0.39 is 5.97 Å². The zero-order valence-corrected chi connectivity index (χ0v) is 12.4. The van der Waals surface area contributed by atoms with Crippen LogP contribution in [0.5, 0.6) is 5.75 Å². The monoisotopic (exact) mass is 342 g/mol. The first-order valence-corrected chi connectivity index (χ1v) is 7.11. The molecule has 0 atom stereocenters. The fourth-order valence-corrected chi connectivity index (χ4v) is 2.59. The van der Waals surface area contributed by atoms with Gasteiger partial charge in [-0.3, -0.25) is 9.36 Å². The van der Waals surface area contributed by atoms with Gasteiger partial charge in [0.15, 0.2) is 5.16 Å². The molecule has 0 fully saturated rings. The average molecular weight is 343 g/mol. The zero-order valence-electron chi connectivity index (χ0n) is 10.0. The lowest BCUT2D eigenvalue weighted by molar-refractivity contribution is -0.133. The molecule has 0 saturated heterocycles. The number of halogens is 1. The van der Waals surface area contributed by atoms with E-state index in [0.717, 1.165) is 21.9 Å². The third-order valence-corrected chi connectivity index (χ3v) is 3.78. The lowest BCUT2D eigenvalue weighted by Crippen LogP contribution is -2.02. The van der Waals surface area contributed by atoms with E-state index in [0.29, 0.717) is 10.9 Å². The largest absolute Gasteiger partial charge is 0.495 e. The van der Waals surface area contributed by atoms with Gasteiger partial charge < -0.3 is 9.84 Å². The average Bonchev–Trinajstić information content (AvgIpc) is 2.84. The number of hydrogen-bond donors (Lipinski definition) is 1. The van der Waals surface area contributed by atoms with Crippen LogP contribution in [-0.4, -0.2) is 33.5 Å². The summed E-state index contributed by atoms with van der Waals surface area (Å²) in [5.74, 6) is -0.216. The highest BCUT2D eigenvalue weighted by molar-refractivity contribution is 9.10. The van der Waals surface area contributed by atoms with Gasteiger partial charge in [-0.2, -0.15) is 0 Å². The minimum absolute atomic E-state index is 0.0344. The van der Waals surface area contributed by atoms with Gasteiger partial charge in [-0.15, -0.1) is 0 Å². The van der Waals surface area contributed by atoms with E-state index in [4.69, 9.17) is 9.84 Å². The predicted octanol–water partition coefficient (Wildman–Crippen LogP) is 2.82. The molecule has 1 N–H and O–H groups in total. The van der Waals surface area contributed by atoms with Gasteiger partial charge in [-0.25, -0.2) is 4.98 Å². The number of aromatic nitrogens is 2. The standard InChI is InChI=1S/C12H11BrN2O3S/c1-18-10-3-2-8(13)6-9(10)15-5-4-14-12(15)19-7-11(16)17/h2-6H,7H2,1H3,(H,16,17). The minimum atomic E-state index is -0.874. The van der Waals surface area contributed by atoms with Gasteiger partial charge in [0.1, 0.15) is 5.75 Å². The number of carboxylic acids is 1. The number of benzene rings is 1. The van der Waals surface area contributed by atoms with E-state index in [1.165, 1.54) is 0 Å². The smallest absolute Gasteiger partial charge is 0.313 e. The Bertz CT molecular complexity index is 600. The van der Waals surface area contributed by atoms with Crippen molar-refractivity contribution in [3.63, 3.8) is 0 Å². The first-order chi connectivity index (χ1) is 9.11. The Labute approximate surface area is 122 Å². The molecule has 0 aliphatic carbocycles. The van der Waals surface area contributed by atoms with Crippen molar-refractivity contribution in [2.75, 3.05) is 12.9 Å². The summed E-state index contributed by atoms with van der Waals surface area (Å²) < 4.78 is 8.02. The maximum Gasteiger partial charge on any atom is 0.313 e. The van der Waals surface area contributed by atoms with Crippen LogP contribution in [0.2, 0.25) is 0 Å². The van der Waals surface area contributed by atoms with Gasteiger partial charge in [0, 0.05) is 16.9 Å². The molecule has 100 valence electrons. The van der Waals surface area contributed by atoms with Crippen LogP contribution in [0.3, 0.4) is 0 Å². The lowest BCUT2D eigenvalue weighted by atomic mass is 10.3. The Morgan fingerprint density at radius 2 is 2.37 bits per heavy atom. The molecule has 0 radical (unpaired) electrons. The first kappa shape index (κ1) is 14.0. The number of carboxylic acid groups (broad SMARTS) is 1. The molecule has 1 heterocycles. The van der Waals surface area contributed by atoms with E-state index in [9.17, 15) is 4.79 Å². The maximum atomic E-state index is 10.6. The Hall–Kier alpha value is -1.47. The number of aliphatic carboxylic acids is 1. The second-order valence-electron chi connectivity index (χ2n) is 3.58. The lowest BCUT2D eigenvalue weighted by Gasteiger charge is -2.11. The van der Waals surface area contributed by atoms with Gasteiger partial charge in [0.2, 0.25) is 0 Å². The summed E-state index contributed by atoms with van der Waals surface area (Å²) in [7, 11) is 1.59. The molecule has 0 bridgehead atoms. The molecule has 0 saturated carbocycles. The van der Waals surface area contributed by atoms with Gasteiger partial charge in [-0.05, 0) is 18.2 Å². The Kier molecular flexibility index (Phi) is 4.49. The van der Waals surface area contributed by atoms with Crippen LogP contribution in [0.15, 0.2) is 40.2 Å². The predicted molar refractivity (Wildman–Crippen MR) is 76.2 cm³/mol. The molecule has 1 aromatic carbocycles. The van der Waals surface area contributed by atoms with Crippen molar-refractivity contribution in [2.24, 2.45) is 0 Å². The van der Waals surface area contributed by atoms with Crippen molar-refractivity contribution < 1.29 is 14.6 Å². The summed E-state index contributed by atoms with van der Waals surface area (Å²) in [6.45, 7) is 0. The van der Waals surface area contributed by atoms with Crippen LogP contribution >= 0.6 is 27.7 Å². The molecule has 0 unspecified atom stereocenters. The third kappa shape index (κ3) is 3.30. The number of carbonyl (C=O) groups is 1. The van der Waals surface area contributed by atoms with E-state index in [1.807, 2.05) is 18.2 Å². The van der Waals surface area contributed by atoms with Gasteiger partial charge >= 0.3 is 5.97 Å². The normalized spacial score (nSPS) is 10.4. The minimum Gasteiger partial charge on any atom is -0.495 e. The molecule has 2 rings (SSSR count). The maximum absolute atomic E-state index is 10.6. The van der Waals surface area contributed by atoms with Crippen molar-refractivity contribution in [3.8, 4) is 11.4 Å². The number of ether oxygens (including phenoxy) is 1. The number of imidazole rings is 1.